The molecule has 12 heteroatoms. The summed E-state index contributed by atoms with van der Waals surface area (Å²) in [6.45, 7) is 5.65. The summed E-state index contributed by atoms with van der Waals surface area (Å²) in [5, 5.41) is 6.64. The molecule has 0 amide bonds. The predicted molar refractivity (Wildman–Crippen MR) is 127 cm³/mol. The normalized spacial score (nSPS) is 12.3. The summed E-state index contributed by atoms with van der Waals surface area (Å²) in [4.78, 5) is 25.2. The molecule has 0 spiro atoms. The maximum atomic E-state index is 12.6. The summed E-state index contributed by atoms with van der Waals surface area (Å²) in [5.41, 5.74) is 0.531. The van der Waals surface area contributed by atoms with Gasteiger partial charge in [-0.05, 0) is 56.1 Å². The fourth-order valence-electron chi connectivity index (χ4n) is 3.27. The molecular weight excluding hydrogens is 486 g/mol. The van der Waals surface area contributed by atoms with E-state index in [4.69, 9.17) is 21.1 Å². The molecule has 0 bridgehead atoms. The molecule has 0 aliphatic carbocycles. The lowest BCUT2D eigenvalue weighted by Gasteiger charge is -2.26. The van der Waals surface area contributed by atoms with E-state index in [2.05, 4.69) is 26.6 Å². The Morgan fingerprint density at radius 3 is 2.18 bits per heavy atom. The predicted octanol–water partition coefficient (Wildman–Crippen LogP) is 4.23. The second-order valence-corrected chi connectivity index (χ2v) is 9.43. The van der Waals surface area contributed by atoms with E-state index < -0.39 is 33.9 Å². The van der Waals surface area contributed by atoms with Crippen LogP contribution in [0.5, 0.6) is 0 Å². The molecule has 2 aromatic rings. The lowest BCUT2D eigenvalue weighted by Crippen LogP contribution is -2.42. The van der Waals surface area contributed by atoms with E-state index in [1.54, 1.807) is 26.0 Å². The Morgan fingerprint density at radius 1 is 1.06 bits per heavy atom. The highest BCUT2D eigenvalue weighted by Gasteiger charge is 2.37. The van der Waals surface area contributed by atoms with E-state index in [1.807, 2.05) is 0 Å². The highest BCUT2D eigenvalue weighted by atomic mass is 35.5. The Balaban J connectivity index is 2.24. The Bertz CT molecular complexity index is 1020. The van der Waals surface area contributed by atoms with Crippen molar-refractivity contribution in [2.45, 2.75) is 57.4 Å². The molecule has 0 radical (unpaired) electrons. The molecule has 2 rings (SSSR count). The van der Waals surface area contributed by atoms with Gasteiger partial charge in [-0.2, -0.15) is 0 Å². The second kappa shape index (κ2) is 13.2. The first-order valence-electron chi connectivity index (χ1n) is 11.1. The molecule has 0 aliphatic heterocycles. The molecule has 1 atom stereocenters. The summed E-state index contributed by atoms with van der Waals surface area (Å²) < 4.78 is 42.3. The molecule has 0 saturated heterocycles. The number of nitrogens with one attached hydrogen (secondary N) is 2. The number of rotatable bonds is 14. The molecule has 0 saturated carbocycles. The van der Waals surface area contributed by atoms with Gasteiger partial charge < -0.3 is 19.3 Å². The minimum Gasteiger partial charge on any atom is -0.465 e. The van der Waals surface area contributed by atoms with Gasteiger partial charge in [0, 0.05) is 11.8 Å². The number of sulfonamides is 1. The van der Waals surface area contributed by atoms with Gasteiger partial charge in [-0.1, -0.05) is 31.3 Å². The third kappa shape index (κ3) is 7.91. The number of aromatic nitrogens is 1. The van der Waals surface area contributed by atoms with E-state index in [-0.39, 0.29) is 29.1 Å². The molecular formula is C22H30ClN3O7S. The van der Waals surface area contributed by atoms with Crippen LogP contribution in [0.4, 0.5) is 11.5 Å². The molecule has 0 unspecified atom stereocenters. The number of unbranched alkanes of at least 4 members (excludes halogenated alkanes) is 2. The summed E-state index contributed by atoms with van der Waals surface area (Å²) in [6.07, 6.45) is 3.18. The third-order valence-electron chi connectivity index (χ3n) is 4.84. The molecule has 1 aromatic heterocycles. The van der Waals surface area contributed by atoms with E-state index in [1.165, 1.54) is 18.2 Å². The standard InChI is InChI=1S/C22H30ClN3O7S/c1-4-7-8-9-17(20(21(27)31-5-2)22(28)32-6-3)24-15-10-12-16(13-11-15)34(29,30)26-19-14-18(23)33-25-19/h10-14,17,20,24H,4-9H2,1-3H3,(H,25,26)/t17-/m0/s1. The van der Waals surface area contributed by atoms with Crippen molar-refractivity contribution in [1.82, 2.24) is 5.16 Å². The van der Waals surface area contributed by atoms with Crippen molar-refractivity contribution in [3.8, 4) is 0 Å². The second-order valence-electron chi connectivity index (χ2n) is 7.37. The lowest BCUT2D eigenvalue weighted by molar-refractivity contribution is -0.162. The van der Waals surface area contributed by atoms with Gasteiger partial charge in [0.25, 0.3) is 10.0 Å². The maximum Gasteiger partial charge on any atom is 0.322 e. The monoisotopic (exact) mass is 515 g/mol. The molecule has 10 nitrogen and oxygen atoms in total. The molecule has 0 aliphatic rings. The van der Waals surface area contributed by atoms with Crippen molar-refractivity contribution in [3.63, 3.8) is 0 Å². The van der Waals surface area contributed by atoms with Crippen molar-refractivity contribution >= 4 is 45.1 Å². The fourth-order valence-corrected chi connectivity index (χ4v) is 4.39. The number of nitrogens with zero attached hydrogens (tertiary/aromatic N) is 1. The van der Waals surface area contributed by atoms with Crippen LogP contribution in [0.1, 0.15) is 46.5 Å². The Labute approximate surface area is 204 Å². The lowest BCUT2D eigenvalue weighted by atomic mass is 9.94. The minimum absolute atomic E-state index is 0.0213. The van der Waals surface area contributed by atoms with Crippen LogP contribution in [0.2, 0.25) is 5.22 Å². The average molecular weight is 516 g/mol. The van der Waals surface area contributed by atoms with Crippen LogP contribution in [0.15, 0.2) is 39.8 Å². The zero-order valence-electron chi connectivity index (χ0n) is 19.4. The van der Waals surface area contributed by atoms with Crippen LogP contribution < -0.4 is 10.0 Å². The number of ether oxygens (including phenoxy) is 2. The number of carbonyl (C=O) groups excluding carboxylic acids is 2. The number of benzene rings is 1. The van der Waals surface area contributed by atoms with E-state index in [9.17, 15) is 18.0 Å². The van der Waals surface area contributed by atoms with Gasteiger partial charge in [-0.3, -0.25) is 14.3 Å². The van der Waals surface area contributed by atoms with Gasteiger partial charge in [0.2, 0.25) is 5.22 Å². The molecule has 0 fully saturated rings. The summed E-state index contributed by atoms with van der Waals surface area (Å²) in [7, 11) is -3.93. The maximum absolute atomic E-state index is 12.6. The zero-order chi connectivity index (χ0) is 25.1. The molecule has 1 heterocycles. The van der Waals surface area contributed by atoms with Crippen LogP contribution in [0.3, 0.4) is 0 Å². The molecule has 188 valence electrons. The quantitative estimate of drug-likeness (QED) is 0.215. The first-order valence-corrected chi connectivity index (χ1v) is 12.9. The summed E-state index contributed by atoms with van der Waals surface area (Å²) in [5.74, 6) is -2.53. The summed E-state index contributed by atoms with van der Waals surface area (Å²) >= 11 is 5.62. The van der Waals surface area contributed by atoms with E-state index in [0.717, 1.165) is 19.3 Å². The molecule has 1 aromatic carbocycles. The summed E-state index contributed by atoms with van der Waals surface area (Å²) in [6, 6.07) is 6.51. The van der Waals surface area contributed by atoms with Gasteiger partial charge in [-0.25, -0.2) is 8.42 Å². The fraction of sp³-hybridized carbons (Fsp3) is 0.500. The third-order valence-corrected chi connectivity index (χ3v) is 6.39. The van der Waals surface area contributed by atoms with Gasteiger partial charge in [-0.15, -0.1) is 0 Å². The largest absolute Gasteiger partial charge is 0.465 e. The molecule has 2 N–H and O–H groups in total. The van der Waals surface area contributed by atoms with Crippen LogP contribution in [-0.2, 0) is 29.1 Å². The van der Waals surface area contributed by atoms with Crippen molar-refractivity contribution in [2.24, 2.45) is 5.92 Å². The average Bonchev–Trinajstić information content (AvgIpc) is 3.18. The first-order chi connectivity index (χ1) is 16.2. The van der Waals surface area contributed by atoms with Crippen LogP contribution in [-0.4, -0.2) is 44.8 Å². The van der Waals surface area contributed by atoms with Crippen molar-refractivity contribution in [2.75, 3.05) is 23.3 Å². The van der Waals surface area contributed by atoms with Gasteiger partial charge in [0.05, 0.1) is 24.2 Å². The van der Waals surface area contributed by atoms with E-state index in [0.29, 0.717) is 12.1 Å². The van der Waals surface area contributed by atoms with E-state index >= 15 is 0 Å². The number of anilines is 2. The number of hydrogen-bond donors (Lipinski definition) is 2. The number of carbonyl (C=O) groups is 2. The van der Waals surface area contributed by atoms with Crippen LogP contribution in [0, 0.1) is 5.92 Å². The Kier molecular flexibility index (Phi) is 10.6. The smallest absolute Gasteiger partial charge is 0.322 e. The number of hydrogen-bond acceptors (Lipinski definition) is 9. The van der Waals surface area contributed by atoms with Crippen molar-refractivity contribution in [1.29, 1.82) is 0 Å². The SMILES string of the molecule is CCCCC[C@H](Nc1ccc(S(=O)(=O)Nc2cc(Cl)on2)cc1)C(C(=O)OCC)C(=O)OCC. The molecule has 34 heavy (non-hydrogen) atoms. The first kappa shape index (κ1) is 27.5. The van der Waals surface area contributed by atoms with Gasteiger partial charge in [0.15, 0.2) is 11.7 Å². The highest BCUT2D eigenvalue weighted by molar-refractivity contribution is 7.92. The Morgan fingerprint density at radius 2 is 1.68 bits per heavy atom. The van der Waals surface area contributed by atoms with Gasteiger partial charge in [0.1, 0.15) is 0 Å². The van der Waals surface area contributed by atoms with Crippen molar-refractivity contribution in [3.05, 3.63) is 35.6 Å². The number of esters is 2. The van der Waals surface area contributed by atoms with Crippen LogP contribution >= 0.6 is 11.6 Å². The van der Waals surface area contributed by atoms with Crippen LogP contribution in [0.25, 0.3) is 0 Å². The topological polar surface area (TPSA) is 137 Å². The number of halogens is 1. The van der Waals surface area contributed by atoms with Gasteiger partial charge >= 0.3 is 11.9 Å². The highest BCUT2D eigenvalue weighted by Crippen LogP contribution is 2.24. The van der Waals surface area contributed by atoms with Crippen molar-refractivity contribution < 1.29 is 32.0 Å². The zero-order valence-corrected chi connectivity index (χ0v) is 20.9. The minimum atomic E-state index is -3.93. The Hall–Kier alpha value is -2.79.